The van der Waals surface area contributed by atoms with Gasteiger partial charge < -0.3 is 20.3 Å². The van der Waals surface area contributed by atoms with Crippen molar-refractivity contribution in [3.05, 3.63) is 30.1 Å². The Morgan fingerprint density at radius 1 is 1.00 bits per heavy atom. The second-order valence-electron chi connectivity index (χ2n) is 8.77. The molecule has 1 aliphatic carbocycles. The quantitative estimate of drug-likeness (QED) is 0.484. The lowest BCUT2D eigenvalue weighted by molar-refractivity contribution is -0.193. The maximum Gasteiger partial charge on any atom is 0.490 e. The van der Waals surface area contributed by atoms with Gasteiger partial charge in [0.15, 0.2) is 0 Å². The van der Waals surface area contributed by atoms with Gasteiger partial charge in [-0.05, 0) is 37.3 Å². The van der Waals surface area contributed by atoms with Gasteiger partial charge in [-0.2, -0.15) is 26.3 Å². The maximum absolute atomic E-state index is 12.7. The Balaban J connectivity index is 0.000000286. The largest absolute Gasteiger partial charge is 0.490 e. The molecule has 1 saturated carbocycles. The third kappa shape index (κ3) is 10.5. The predicted octanol–water partition coefficient (Wildman–Crippen LogP) is 2.71. The second-order valence-corrected chi connectivity index (χ2v) is 8.77. The molecule has 15 heteroatoms. The van der Waals surface area contributed by atoms with E-state index in [0.29, 0.717) is 12.5 Å². The number of aromatic nitrogens is 1. The summed E-state index contributed by atoms with van der Waals surface area (Å²) in [5, 5.41) is 17.3. The number of hydrogen-bond acceptors (Lipinski definition) is 6. The lowest BCUT2D eigenvalue weighted by atomic mass is 9.82. The Bertz CT molecular complexity index is 886. The van der Waals surface area contributed by atoms with Crippen molar-refractivity contribution >= 4 is 17.8 Å². The summed E-state index contributed by atoms with van der Waals surface area (Å²) >= 11 is 0. The van der Waals surface area contributed by atoms with E-state index in [1.807, 2.05) is 18.2 Å². The van der Waals surface area contributed by atoms with E-state index in [1.54, 1.807) is 6.20 Å². The second kappa shape index (κ2) is 13.0. The molecule has 0 aromatic carbocycles. The summed E-state index contributed by atoms with van der Waals surface area (Å²) in [7, 11) is 0. The van der Waals surface area contributed by atoms with E-state index in [9.17, 15) is 31.1 Å². The first-order chi connectivity index (χ1) is 17.2. The van der Waals surface area contributed by atoms with Gasteiger partial charge in [0.05, 0.1) is 24.3 Å². The molecule has 3 heterocycles. The molecule has 1 aromatic heterocycles. The average molecular weight is 543 g/mol. The van der Waals surface area contributed by atoms with Gasteiger partial charge in [0, 0.05) is 38.4 Å². The van der Waals surface area contributed by atoms with Gasteiger partial charge in [0.25, 0.3) is 0 Å². The van der Waals surface area contributed by atoms with E-state index < -0.39 is 24.3 Å². The first-order valence-electron chi connectivity index (χ1n) is 11.3. The van der Waals surface area contributed by atoms with Crippen LogP contribution < -0.4 is 5.32 Å². The zero-order chi connectivity index (χ0) is 27.8. The molecular weight excluding hydrogens is 516 g/mol. The minimum Gasteiger partial charge on any atom is -0.475 e. The topological polar surface area (TPSA) is 129 Å². The first kappa shape index (κ1) is 30.3. The highest BCUT2D eigenvalue weighted by Crippen LogP contribution is 2.36. The number of carboxylic acid groups (broad SMARTS) is 2. The third-order valence-corrected chi connectivity index (χ3v) is 5.88. The van der Waals surface area contributed by atoms with Crippen LogP contribution in [-0.2, 0) is 25.7 Å². The van der Waals surface area contributed by atoms with E-state index in [4.69, 9.17) is 24.5 Å². The number of likely N-dealkylation sites (tertiary alicyclic amines) is 1. The number of aliphatic carboxylic acids is 2. The highest BCUT2D eigenvalue weighted by Gasteiger charge is 2.44. The molecule has 37 heavy (non-hydrogen) atoms. The monoisotopic (exact) mass is 543 g/mol. The fourth-order valence-corrected chi connectivity index (χ4v) is 3.96. The Labute approximate surface area is 207 Å². The standard InChI is InChI=1S/C18H25N3O2.2C2HF3O2/c22-18(20-9-14-3-1-2-7-19-14)16-11-21(10-13-4-5-13)12-17-15(16)6-8-23-17;2*3-2(4,5)1(6)7/h1-3,7,13,15-17H,4-6,8-12H2,(H,20,22);2*(H,6,7)/t15-,16+,17+;;/m0../s1. The Morgan fingerprint density at radius 2 is 1.59 bits per heavy atom. The smallest absolute Gasteiger partial charge is 0.475 e. The number of carboxylic acids is 2. The van der Waals surface area contributed by atoms with Crippen LogP contribution in [0.3, 0.4) is 0 Å². The van der Waals surface area contributed by atoms with Crippen LogP contribution in [0.5, 0.6) is 0 Å². The van der Waals surface area contributed by atoms with Gasteiger partial charge in [-0.25, -0.2) is 9.59 Å². The van der Waals surface area contributed by atoms with Crippen molar-refractivity contribution in [2.75, 3.05) is 26.2 Å². The molecule has 1 aromatic rings. The molecule has 2 saturated heterocycles. The van der Waals surface area contributed by atoms with Crippen molar-refractivity contribution < 1.29 is 55.7 Å². The van der Waals surface area contributed by atoms with E-state index in [0.717, 1.165) is 44.3 Å². The lowest BCUT2D eigenvalue weighted by Crippen LogP contribution is -2.53. The van der Waals surface area contributed by atoms with Gasteiger partial charge in [-0.15, -0.1) is 0 Å². The van der Waals surface area contributed by atoms with E-state index >= 15 is 0 Å². The van der Waals surface area contributed by atoms with Crippen LogP contribution in [0, 0.1) is 17.8 Å². The number of pyridine rings is 1. The summed E-state index contributed by atoms with van der Waals surface area (Å²) in [6.45, 7) is 4.34. The minimum atomic E-state index is -5.08. The fourth-order valence-electron chi connectivity index (χ4n) is 3.96. The van der Waals surface area contributed by atoms with Gasteiger partial charge in [-0.3, -0.25) is 14.7 Å². The molecule has 1 amide bonds. The van der Waals surface area contributed by atoms with E-state index in [2.05, 4.69) is 15.2 Å². The van der Waals surface area contributed by atoms with Crippen molar-refractivity contribution in [3.63, 3.8) is 0 Å². The summed E-state index contributed by atoms with van der Waals surface area (Å²) in [6.07, 6.45) is -4.44. The number of nitrogens with zero attached hydrogens (tertiary/aromatic N) is 2. The van der Waals surface area contributed by atoms with Gasteiger partial charge >= 0.3 is 24.3 Å². The molecule has 3 fully saturated rings. The molecular formula is C22H27F6N3O6. The predicted molar refractivity (Wildman–Crippen MR) is 114 cm³/mol. The van der Waals surface area contributed by atoms with Crippen LogP contribution in [0.15, 0.2) is 24.4 Å². The number of hydrogen-bond donors (Lipinski definition) is 3. The van der Waals surface area contributed by atoms with Crippen LogP contribution >= 0.6 is 0 Å². The fraction of sp³-hybridized carbons (Fsp3) is 0.636. The number of rotatable bonds is 5. The summed E-state index contributed by atoms with van der Waals surface area (Å²) in [6, 6.07) is 5.79. The number of piperidine rings is 1. The van der Waals surface area contributed by atoms with Crippen molar-refractivity contribution in [3.8, 4) is 0 Å². The number of alkyl halides is 6. The summed E-state index contributed by atoms with van der Waals surface area (Å²) in [4.78, 5) is 37.3. The van der Waals surface area contributed by atoms with E-state index in [-0.39, 0.29) is 17.9 Å². The Morgan fingerprint density at radius 3 is 2.08 bits per heavy atom. The number of ether oxygens (including phenoxy) is 1. The summed E-state index contributed by atoms with van der Waals surface area (Å²) in [5.41, 5.74) is 0.908. The highest BCUT2D eigenvalue weighted by molar-refractivity contribution is 5.79. The van der Waals surface area contributed by atoms with Crippen molar-refractivity contribution in [2.45, 2.75) is 44.3 Å². The molecule has 9 nitrogen and oxygen atoms in total. The Kier molecular flexibility index (Phi) is 10.7. The molecule has 3 atom stereocenters. The van der Waals surface area contributed by atoms with Crippen LogP contribution in [0.25, 0.3) is 0 Å². The van der Waals surface area contributed by atoms with Crippen LogP contribution in [0.4, 0.5) is 26.3 Å². The summed E-state index contributed by atoms with van der Waals surface area (Å²) < 4.78 is 69.4. The molecule has 4 rings (SSSR count). The van der Waals surface area contributed by atoms with Gasteiger partial charge in [-0.1, -0.05) is 6.07 Å². The molecule has 3 aliphatic rings. The number of carbonyl (C=O) groups excluding carboxylic acids is 1. The molecule has 0 radical (unpaired) electrons. The SMILES string of the molecule is O=C(NCc1ccccn1)[C@@H]1CN(CC2CC2)C[C@H]2OCC[C@H]21.O=C(O)C(F)(F)F.O=C(O)C(F)(F)F. The number of halogens is 6. The maximum atomic E-state index is 12.7. The minimum absolute atomic E-state index is 0.0544. The molecule has 0 bridgehead atoms. The number of nitrogens with one attached hydrogen (secondary N) is 1. The zero-order valence-corrected chi connectivity index (χ0v) is 19.5. The molecule has 2 aliphatic heterocycles. The van der Waals surface area contributed by atoms with Crippen molar-refractivity contribution in [1.82, 2.24) is 15.2 Å². The van der Waals surface area contributed by atoms with Crippen LogP contribution in [0.2, 0.25) is 0 Å². The Hall–Kier alpha value is -2.94. The normalized spacial score (nSPS) is 23.5. The molecule has 0 unspecified atom stereocenters. The van der Waals surface area contributed by atoms with Gasteiger partial charge in [0.1, 0.15) is 0 Å². The molecule has 3 N–H and O–H groups in total. The van der Waals surface area contributed by atoms with E-state index in [1.165, 1.54) is 12.8 Å². The van der Waals surface area contributed by atoms with Gasteiger partial charge in [0.2, 0.25) is 5.91 Å². The first-order valence-corrected chi connectivity index (χ1v) is 11.3. The average Bonchev–Trinajstić information content (AvgIpc) is 3.50. The van der Waals surface area contributed by atoms with Crippen LogP contribution in [0.1, 0.15) is 25.0 Å². The number of fused-ring (bicyclic) bond motifs is 1. The highest BCUT2D eigenvalue weighted by atomic mass is 19.4. The van der Waals surface area contributed by atoms with Crippen molar-refractivity contribution in [1.29, 1.82) is 0 Å². The lowest BCUT2D eigenvalue weighted by Gasteiger charge is -2.39. The molecule has 0 spiro atoms. The number of amides is 1. The van der Waals surface area contributed by atoms with Crippen LogP contribution in [-0.4, -0.2) is 82.6 Å². The molecule has 208 valence electrons. The summed E-state index contributed by atoms with van der Waals surface area (Å²) in [5.74, 6) is -4.06. The number of carbonyl (C=O) groups is 3. The third-order valence-electron chi connectivity index (χ3n) is 5.88. The zero-order valence-electron chi connectivity index (χ0n) is 19.5. The van der Waals surface area contributed by atoms with Crippen molar-refractivity contribution in [2.24, 2.45) is 17.8 Å².